The van der Waals surface area contributed by atoms with Crippen molar-refractivity contribution in [1.82, 2.24) is 14.8 Å². The van der Waals surface area contributed by atoms with Crippen molar-refractivity contribution in [2.75, 3.05) is 59.5 Å². The number of carboxylic acid groups (broad SMARTS) is 1. The fraction of sp³-hybridized carbons (Fsp3) is 0.574. The first kappa shape index (κ1) is 42.2. The zero-order valence-corrected chi connectivity index (χ0v) is 36.6. The highest BCUT2D eigenvalue weighted by Gasteiger charge is 2.80. The number of ether oxygens (including phenoxy) is 4. The van der Waals surface area contributed by atoms with E-state index in [4.69, 9.17) is 18.9 Å². The van der Waals surface area contributed by atoms with Crippen LogP contribution in [0.5, 0.6) is 5.75 Å². The number of rotatable bonds is 8. The second-order valence-corrected chi connectivity index (χ2v) is 18.8. The number of carbonyl (C=O) groups excluding carboxylic acids is 3. The number of anilines is 1. The molecule has 2 aromatic carbocycles. The maximum absolute atomic E-state index is 15.4. The summed E-state index contributed by atoms with van der Waals surface area (Å²) in [4.78, 5) is 65.3. The highest BCUT2D eigenvalue weighted by atomic mass is 16.6. The Bertz CT molecular complexity index is 2410. The standard InChI is InChI=1S/C47H58N4O11/c1-8-43(57)22-27-23-46(41(55)60-6,36-29(13-17-50(24-27)25-43)30-19-28(37(53)54)11-12-33(30)48-36)32-20-31-34(21-35(32)59-5)49(4)39-45(31)15-18-51-16-10-14-44(9-2,38(45)51)40(62-26(3)52)47(39,58)42(56)61-7/h10-12,16,19-21,27,38-40,48,57-58H,8-9,13-15,17-18,22-25H2,1-7H3,(H,53,54)/t27-,38+,39-,40-,43+,44-,45-,46+,47+/m1/s1. The first-order valence-electron chi connectivity index (χ1n) is 21.8. The van der Waals surface area contributed by atoms with E-state index in [2.05, 4.69) is 21.0 Å². The van der Waals surface area contributed by atoms with Crippen LogP contribution in [0.4, 0.5) is 5.69 Å². The molecule has 6 heterocycles. The summed E-state index contributed by atoms with van der Waals surface area (Å²) in [6.07, 6.45) is 5.80. The first-order chi connectivity index (χ1) is 29.5. The molecule has 9 rings (SSSR count). The molecule has 4 N–H and O–H groups in total. The summed E-state index contributed by atoms with van der Waals surface area (Å²) in [5, 5.41) is 36.2. The van der Waals surface area contributed by atoms with Crippen molar-refractivity contribution >= 4 is 40.5 Å². The quantitative estimate of drug-likeness (QED) is 0.188. The van der Waals surface area contributed by atoms with E-state index in [-0.39, 0.29) is 23.9 Å². The summed E-state index contributed by atoms with van der Waals surface area (Å²) in [6.45, 7) is 7.46. The number of aromatic nitrogens is 1. The van der Waals surface area contributed by atoms with Gasteiger partial charge in [-0.05, 0) is 92.5 Å². The first-order valence-corrected chi connectivity index (χ1v) is 21.8. The number of nitrogens with zero attached hydrogens (tertiary/aromatic N) is 3. The fourth-order valence-electron chi connectivity index (χ4n) is 13.7. The minimum atomic E-state index is -2.34. The number of allylic oxidation sites excluding steroid dienone is 1. The van der Waals surface area contributed by atoms with Gasteiger partial charge in [-0.2, -0.15) is 0 Å². The summed E-state index contributed by atoms with van der Waals surface area (Å²) >= 11 is 0. The van der Waals surface area contributed by atoms with Gasteiger partial charge in [-0.25, -0.2) is 9.59 Å². The van der Waals surface area contributed by atoms with Crippen LogP contribution in [0, 0.1) is 11.3 Å². The second kappa shape index (κ2) is 14.5. The van der Waals surface area contributed by atoms with Crippen LogP contribution in [-0.4, -0.2) is 138 Å². The van der Waals surface area contributed by atoms with Crippen LogP contribution in [-0.2, 0) is 45.8 Å². The molecule has 5 aliphatic heterocycles. The van der Waals surface area contributed by atoms with E-state index < -0.39 is 63.5 Å². The Morgan fingerprint density at radius 3 is 2.35 bits per heavy atom. The monoisotopic (exact) mass is 854 g/mol. The van der Waals surface area contributed by atoms with E-state index in [1.165, 1.54) is 21.1 Å². The van der Waals surface area contributed by atoms with E-state index in [9.17, 15) is 29.7 Å². The molecule has 1 spiro atoms. The lowest BCUT2D eigenvalue weighted by molar-refractivity contribution is -0.235. The molecule has 15 nitrogen and oxygen atoms in total. The van der Waals surface area contributed by atoms with Crippen LogP contribution in [0.15, 0.2) is 42.6 Å². The molecule has 2 saturated heterocycles. The fourth-order valence-corrected chi connectivity index (χ4v) is 13.7. The second-order valence-electron chi connectivity index (χ2n) is 18.8. The minimum Gasteiger partial charge on any atom is -0.496 e. The summed E-state index contributed by atoms with van der Waals surface area (Å²) in [7, 11) is 5.96. The van der Waals surface area contributed by atoms with E-state index in [0.29, 0.717) is 98.3 Å². The van der Waals surface area contributed by atoms with Crippen molar-refractivity contribution < 1.29 is 53.4 Å². The normalized spacial score (nSPS) is 35.4. The largest absolute Gasteiger partial charge is 0.496 e. The molecule has 62 heavy (non-hydrogen) atoms. The van der Waals surface area contributed by atoms with Crippen LogP contribution < -0.4 is 9.64 Å². The van der Waals surface area contributed by atoms with Crippen LogP contribution in [0.2, 0.25) is 0 Å². The SMILES string of the molecule is CC[C@]1(O)C[C@H]2CN(CCc3c([nH]c4ccc(C(=O)O)cc34)[C@@](C(=O)OC)(c3cc4c(cc3OC)N(C)[C@H]3[C@@](O)(C(=O)OC)[C@H](OC(C)=O)[C@]5(CC)CC=CN6CC[C@]43[C@@H]65)C2)C1. The summed E-state index contributed by atoms with van der Waals surface area (Å²) in [5.74, 6) is -2.99. The molecule has 3 aromatic rings. The number of fused-ring (bicyclic) bond motifs is 6. The van der Waals surface area contributed by atoms with Gasteiger partial charge < -0.3 is 49.1 Å². The third-order valence-electron chi connectivity index (χ3n) is 16.0. The Kier molecular flexibility index (Phi) is 9.84. The molecule has 6 aliphatic rings. The number of piperidine rings is 1. The molecule has 1 saturated carbocycles. The van der Waals surface area contributed by atoms with Crippen LogP contribution in [0.1, 0.15) is 92.0 Å². The Morgan fingerprint density at radius 2 is 1.69 bits per heavy atom. The lowest BCUT2D eigenvalue weighted by atomic mass is 9.47. The predicted octanol–water partition coefficient (Wildman–Crippen LogP) is 4.04. The van der Waals surface area contributed by atoms with E-state index in [0.717, 1.165) is 11.1 Å². The number of H-pyrrole nitrogens is 1. The molecule has 0 radical (unpaired) electrons. The molecular weight excluding hydrogens is 797 g/mol. The number of methoxy groups -OCH3 is 3. The van der Waals surface area contributed by atoms with Crippen LogP contribution in [0.3, 0.4) is 0 Å². The van der Waals surface area contributed by atoms with Crippen molar-refractivity contribution in [1.29, 1.82) is 0 Å². The number of likely N-dealkylation sites (N-methyl/N-ethyl adjacent to an activating group) is 1. The minimum absolute atomic E-state index is 0.111. The average molecular weight is 855 g/mol. The molecule has 15 heteroatoms. The number of aromatic amines is 1. The van der Waals surface area contributed by atoms with Gasteiger partial charge >= 0.3 is 23.9 Å². The zero-order chi connectivity index (χ0) is 44.3. The van der Waals surface area contributed by atoms with Crippen molar-refractivity contribution in [3.05, 3.63) is 70.6 Å². The number of hydrogen-bond acceptors (Lipinski definition) is 13. The predicted molar refractivity (Wildman–Crippen MR) is 227 cm³/mol. The molecular formula is C47H58N4O11. The lowest BCUT2D eigenvalue weighted by Gasteiger charge is -2.64. The Balaban J connectivity index is 1.37. The zero-order valence-electron chi connectivity index (χ0n) is 36.6. The number of aliphatic hydroxyl groups is 2. The summed E-state index contributed by atoms with van der Waals surface area (Å²) in [6, 6.07) is 7.48. The Morgan fingerprint density at radius 1 is 0.935 bits per heavy atom. The molecule has 3 fully saturated rings. The molecule has 1 aliphatic carbocycles. The van der Waals surface area contributed by atoms with Crippen molar-refractivity contribution in [3.8, 4) is 5.75 Å². The van der Waals surface area contributed by atoms with Crippen molar-refractivity contribution in [3.63, 3.8) is 0 Å². The van der Waals surface area contributed by atoms with Gasteiger partial charge in [0.15, 0.2) is 6.10 Å². The van der Waals surface area contributed by atoms with Gasteiger partial charge in [-0.15, -0.1) is 0 Å². The third kappa shape index (κ3) is 5.46. The number of esters is 3. The molecule has 1 unspecified atom stereocenters. The molecule has 2 bridgehead atoms. The number of aromatic carboxylic acids is 1. The van der Waals surface area contributed by atoms with Crippen LogP contribution >= 0.6 is 0 Å². The number of nitrogens with one attached hydrogen (secondary N) is 1. The Labute approximate surface area is 360 Å². The Hall–Kier alpha value is -5.12. The van der Waals surface area contributed by atoms with Gasteiger partial charge in [0.05, 0.1) is 38.5 Å². The van der Waals surface area contributed by atoms with Gasteiger partial charge in [0.25, 0.3) is 0 Å². The van der Waals surface area contributed by atoms with E-state index in [1.54, 1.807) is 25.3 Å². The maximum Gasteiger partial charge on any atom is 0.344 e. The number of hydrogen-bond donors (Lipinski definition) is 4. The van der Waals surface area contributed by atoms with Gasteiger partial charge in [-0.3, -0.25) is 14.5 Å². The smallest absolute Gasteiger partial charge is 0.344 e. The van der Waals surface area contributed by atoms with Gasteiger partial charge in [-0.1, -0.05) is 19.9 Å². The number of carboxylic acids is 1. The summed E-state index contributed by atoms with van der Waals surface area (Å²) in [5.41, 5.74) is -2.76. The van der Waals surface area contributed by atoms with Crippen molar-refractivity contribution in [2.24, 2.45) is 11.3 Å². The maximum atomic E-state index is 15.4. The molecule has 1 aromatic heterocycles. The third-order valence-corrected chi connectivity index (χ3v) is 16.0. The van der Waals surface area contributed by atoms with E-state index in [1.807, 2.05) is 44.0 Å². The molecule has 332 valence electrons. The number of benzene rings is 2. The van der Waals surface area contributed by atoms with Gasteiger partial charge in [0, 0.05) is 90.9 Å². The van der Waals surface area contributed by atoms with Crippen LogP contribution in [0.25, 0.3) is 10.9 Å². The number of carbonyl (C=O) groups is 4. The van der Waals surface area contributed by atoms with Gasteiger partial charge in [0.1, 0.15) is 11.2 Å². The summed E-state index contributed by atoms with van der Waals surface area (Å²) < 4.78 is 23.9. The topological polar surface area (TPSA) is 191 Å². The average Bonchev–Trinajstić information content (AvgIpc) is 3.92. The highest BCUT2D eigenvalue weighted by molar-refractivity contribution is 5.98. The van der Waals surface area contributed by atoms with E-state index >= 15 is 4.79 Å². The molecule has 0 amide bonds. The van der Waals surface area contributed by atoms with Crippen molar-refractivity contribution in [2.45, 2.75) is 106 Å². The van der Waals surface area contributed by atoms with Gasteiger partial charge in [0.2, 0.25) is 5.60 Å². The lowest BCUT2D eigenvalue weighted by Crippen LogP contribution is -2.81. The highest BCUT2D eigenvalue weighted by Crippen LogP contribution is 2.69. The molecule has 10 atom stereocenters.